The Morgan fingerprint density at radius 2 is 2.10 bits per heavy atom. The summed E-state index contributed by atoms with van der Waals surface area (Å²) in [6, 6.07) is 7.68. The molecule has 0 spiro atoms. The van der Waals surface area contributed by atoms with Crippen molar-refractivity contribution in [1.29, 1.82) is 0 Å². The molecule has 1 aromatic heterocycles. The highest BCUT2D eigenvalue weighted by atomic mass is 16.5. The molecule has 1 aliphatic heterocycles. The van der Waals surface area contributed by atoms with Crippen molar-refractivity contribution < 1.29 is 14.6 Å². The van der Waals surface area contributed by atoms with Crippen LogP contribution in [-0.2, 0) is 0 Å². The van der Waals surface area contributed by atoms with E-state index in [4.69, 9.17) is 4.74 Å². The molecule has 0 bridgehead atoms. The summed E-state index contributed by atoms with van der Waals surface area (Å²) in [7, 11) is 0. The van der Waals surface area contributed by atoms with Crippen molar-refractivity contribution in [2.24, 2.45) is 5.92 Å². The number of nitrogens with zero attached hydrogens (tertiary/aromatic N) is 2. The van der Waals surface area contributed by atoms with E-state index in [0.717, 1.165) is 11.3 Å². The molecule has 1 aliphatic rings. The summed E-state index contributed by atoms with van der Waals surface area (Å²) in [6.45, 7) is 4.07. The van der Waals surface area contributed by atoms with Crippen LogP contribution in [-0.4, -0.2) is 26.7 Å². The second kappa shape index (κ2) is 4.67. The minimum Gasteiger partial charge on any atom is -0.490 e. The van der Waals surface area contributed by atoms with Crippen molar-refractivity contribution in [3.63, 3.8) is 0 Å². The van der Waals surface area contributed by atoms with Gasteiger partial charge < -0.3 is 14.4 Å². The largest absolute Gasteiger partial charge is 0.490 e. The predicted octanol–water partition coefficient (Wildman–Crippen LogP) is 2.59. The first-order valence-electron chi connectivity index (χ1n) is 6.60. The zero-order chi connectivity index (χ0) is 14.3. The van der Waals surface area contributed by atoms with Gasteiger partial charge in [0.1, 0.15) is 17.5 Å². The number of hydrogen-bond acceptors (Lipinski definition) is 3. The average Bonchev–Trinajstić information content (AvgIpc) is 2.89. The van der Waals surface area contributed by atoms with Gasteiger partial charge in [-0.3, -0.25) is 0 Å². The van der Waals surface area contributed by atoms with Gasteiger partial charge in [-0.1, -0.05) is 25.1 Å². The van der Waals surface area contributed by atoms with E-state index >= 15 is 0 Å². The van der Waals surface area contributed by atoms with Gasteiger partial charge in [-0.25, -0.2) is 9.78 Å². The van der Waals surface area contributed by atoms with Crippen molar-refractivity contribution in [1.82, 2.24) is 9.55 Å². The Hall–Kier alpha value is -2.30. The number of carboxylic acids is 1. The summed E-state index contributed by atoms with van der Waals surface area (Å²) in [4.78, 5) is 15.3. The zero-order valence-corrected chi connectivity index (χ0v) is 11.4. The first kappa shape index (κ1) is 12.7. The smallest absolute Gasteiger partial charge is 0.354 e. The fourth-order valence-electron chi connectivity index (χ4n) is 2.77. The number of benzene rings is 1. The van der Waals surface area contributed by atoms with Crippen molar-refractivity contribution in [3.05, 3.63) is 48.0 Å². The minimum atomic E-state index is -0.966. The number of carboxylic acid groups (broad SMARTS) is 1. The molecule has 2 aromatic rings. The minimum absolute atomic E-state index is 0.0129. The molecular formula is C15H16N2O3. The second-order valence-electron chi connectivity index (χ2n) is 5.16. The van der Waals surface area contributed by atoms with E-state index in [1.54, 1.807) is 10.9 Å². The van der Waals surface area contributed by atoms with Crippen LogP contribution in [0.3, 0.4) is 0 Å². The second-order valence-corrected chi connectivity index (χ2v) is 5.16. The third-order valence-electron chi connectivity index (χ3n) is 3.97. The number of hydrogen-bond donors (Lipinski definition) is 1. The van der Waals surface area contributed by atoms with Gasteiger partial charge >= 0.3 is 5.97 Å². The molecule has 3 rings (SSSR count). The molecule has 0 aliphatic carbocycles. The van der Waals surface area contributed by atoms with Crippen molar-refractivity contribution >= 4 is 5.97 Å². The summed E-state index contributed by atoms with van der Waals surface area (Å²) in [5, 5.41) is 9.29. The lowest BCUT2D eigenvalue weighted by atomic mass is 9.87. The number of ether oxygens (including phenoxy) is 1. The lowest BCUT2D eigenvalue weighted by Gasteiger charge is -2.37. The predicted molar refractivity (Wildman–Crippen MR) is 73.0 cm³/mol. The van der Waals surface area contributed by atoms with Crippen LogP contribution in [0, 0.1) is 5.92 Å². The zero-order valence-electron chi connectivity index (χ0n) is 11.4. The van der Waals surface area contributed by atoms with Crippen LogP contribution in [0.5, 0.6) is 5.75 Å². The number of fused-ring (bicyclic) bond motifs is 1. The monoisotopic (exact) mass is 272 g/mol. The number of imidazole rings is 1. The van der Waals surface area contributed by atoms with Gasteiger partial charge in [0.25, 0.3) is 0 Å². The molecule has 5 nitrogen and oxygen atoms in total. The fraction of sp³-hybridized carbons (Fsp3) is 0.333. The lowest BCUT2D eigenvalue weighted by molar-refractivity contribution is 0.0668. The van der Waals surface area contributed by atoms with E-state index in [1.807, 2.05) is 31.2 Å². The van der Waals surface area contributed by atoms with E-state index in [0.29, 0.717) is 0 Å². The summed E-state index contributed by atoms with van der Waals surface area (Å²) in [5.41, 5.74) is 1.20. The van der Waals surface area contributed by atoms with E-state index < -0.39 is 5.97 Å². The van der Waals surface area contributed by atoms with E-state index in [-0.39, 0.29) is 23.8 Å². The van der Waals surface area contributed by atoms with Gasteiger partial charge in [0.05, 0.1) is 18.6 Å². The SMILES string of the molecule is C[C@H]1[C@@H](C)Oc2ccccc2[C@@H]1n1cncc1C(=O)O. The van der Waals surface area contributed by atoms with Crippen molar-refractivity contribution in [2.75, 3.05) is 0 Å². The molecular weight excluding hydrogens is 256 g/mol. The Labute approximate surface area is 116 Å². The maximum Gasteiger partial charge on any atom is 0.354 e. The summed E-state index contributed by atoms with van der Waals surface area (Å²) in [5.74, 6) is -0.00309. The van der Waals surface area contributed by atoms with E-state index in [1.165, 1.54) is 6.20 Å². The third kappa shape index (κ3) is 1.86. The molecule has 0 radical (unpaired) electrons. The lowest BCUT2D eigenvalue weighted by Crippen LogP contribution is -2.36. The van der Waals surface area contributed by atoms with Crippen LogP contribution in [0.4, 0.5) is 0 Å². The Morgan fingerprint density at radius 1 is 1.35 bits per heavy atom. The van der Waals surface area contributed by atoms with Gasteiger partial charge in [-0.05, 0) is 13.0 Å². The molecule has 5 heteroatoms. The molecule has 2 heterocycles. The highest BCUT2D eigenvalue weighted by molar-refractivity contribution is 5.85. The van der Waals surface area contributed by atoms with Crippen LogP contribution in [0.1, 0.15) is 35.9 Å². The molecule has 0 saturated heterocycles. The topological polar surface area (TPSA) is 64.4 Å². The van der Waals surface area contributed by atoms with Crippen LogP contribution in [0.25, 0.3) is 0 Å². The van der Waals surface area contributed by atoms with Crippen LogP contribution >= 0.6 is 0 Å². The highest BCUT2D eigenvalue weighted by Crippen LogP contribution is 2.41. The van der Waals surface area contributed by atoms with E-state index in [2.05, 4.69) is 11.9 Å². The van der Waals surface area contributed by atoms with Crippen LogP contribution in [0.15, 0.2) is 36.8 Å². The highest BCUT2D eigenvalue weighted by Gasteiger charge is 2.35. The molecule has 0 unspecified atom stereocenters. The molecule has 0 saturated carbocycles. The number of aromatic nitrogens is 2. The van der Waals surface area contributed by atoms with E-state index in [9.17, 15) is 9.90 Å². The summed E-state index contributed by atoms with van der Waals surface area (Å²) in [6.07, 6.45) is 2.98. The molecule has 0 fully saturated rings. The van der Waals surface area contributed by atoms with Crippen molar-refractivity contribution in [2.45, 2.75) is 26.0 Å². The molecule has 1 aromatic carbocycles. The van der Waals surface area contributed by atoms with Gasteiger partial charge in [0, 0.05) is 11.5 Å². The molecule has 104 valence electrons. The Bertz CT molecular complexity index is 650. The Balaban J connectivity index is 2.16. The Kier molecular flexibility index (Phi) is 2.97. The first-order valence-corrected chi connectivity index (χ1v) is 6.60. The normalized spacial score (nSPS) is 24.8. The van der Waals surface area contributed by atoms with Gasteiger partial charge in [-0.2, -0.15) is 0 Å². The number of carbonyl (C=O) groups is 1. The van der Waals surface area contributed by atoms with Gasteiger partial charge in [0.2, 0.25) is 0 Å². The first-order chi connectivity index (χ1) is 9.59. The standard InChI is InChI=1S/C15H16N2O3/c1-9-10(2)20-13-6-4-3-5-11(13)14(9)17-8-16-7-12(17)15(18)19/h3-10,14H,1-2H3,(H,18,19)/t9-,10+,14+/m0/s1. The molecule has 3 atom stereocenters. The van der Waals surface area contributed by atoms with Crippen molar-refractivity contribution in [3.8, 4) is 5.75 Å². The Morgan fingerprint density at radius 3 is 2.85 bits per heavy atom. The molecule has 0 amide bonds. The average molecular weight is 272 g/mol. The third-order valence-corrected chi connectivity index (χ3v) is 3.97. The molecule has 20 heavy (non-hydrogen) atoms. The number of rotatable bonds is 2. The fourth-order valence-corrected chi connectivity index (χ4v) is 2.77. The van der Waals surface area contributed by atoms with Crippen LogP contribution < -0.4 is 4.74 Å². The number of para-hydroxylation sites is 1. The summed E-state index contributed by atoms with van der Waals surface area (Å²) < 4.78 is 7.62. The number of aromatic carboxylic acids is 1. The van der Waals surface area contributed by atoms with Crippen LogP contribution in [0.2, 0.25) is 0 Å². The summed E-state index contributed by atoms with van der Waals surface area (Å²) >= 11 is 0. The quantitative estimate of drug-likeness (QED) is 0.912. The molecule has 1 N–H and O–H groups in total. The maximum atomic E-state index is 11.3. The van der Waals surface area contributed by atoms with Gasteiger partial charge in [-0.15, -0.1) is 0 Å². The maximum absolute atomic E-state index is 11.3. The van der Waals surface area contributed by atoms with Gasteiger partial charge in [0.15, 0.2) is 0 Å².